The molecule has 1 amide bonds. The van der Waals surface area contributed by atoms with Gasteiger partial charge in [0.15, 0.2) is 0 Å². The summed E-state index contributed by atoms with van der Waals surface area (Å²) in [6.45, 7) is 9.43. The predicted octanol–water partition coefficient (Wildman–Crippen LogP) is 1.98. The molecule has 0 unspecified atom stereocenters. The average Bonchev–Trinajstić information content (AvgIpc) is 2.26. The van der Waals surface area contributed by atoms with Crippen molar-refractivity contribution in [2.45, 2.75) is 38.4 Å². The number of carbonyl (C=O) groups is 1. The summed E-state index contributed by atoms with van der Waals surface area (Å²) in [5, 5.41) is 3.22. The SMILES string of the molecule is CNCC1CCN(C(=O)CSC(C)(C)C)CC1. The fourth-order valence-corrected chi connectivity index (χ4v) is 2.78. The van der Waals surface area contributed by atoms with Gasteiger partial charge >= 0.3 is 0 Å². The van der Waals surface area contributed by atoms with Gasteiger partial charge < -0.3 is 10.2 Å². The number of hydrogen-bond donors (Lipinski definition) is 1. The molecule has 1 heterocycles. The summed E-state index contributed by atoms with van der Waals surface area (Å²) < 4.78 is 0.181. The van der Waals surface area contributed by atoms with Gasteiger partial charge in [-0.15, -0.1) is 11.8 Å². The molecule has 17 heavy (non-hydrogen) atoms. The van der Waals surface area contributed by atoms with Gasteiger partial charge in [0.05, 0.1) is 5.75 Å². The number of rotatable bonds is 4. The van der Waals surface area contributed by atoms with Crippen LogP contribution in [0.4, 0.5) is 0 Å². The minimum absolute atomic E-state index is 0.181. The van der Waals surface area contributed by atoms with E-state index >= 15 is 0 Å². The lowest BCUT2D eigenvalue weighted by Gasteiger charge is -2.32. The second kappa shape index (κ2) is 6.64. The number of amides is 1. The van der Waals surface area contributed by atoms with Crippen molar-refractivity contribution in [2.75, 3.05) is 32.4 Å². The second-order valence-electron chi connectivity index (χ2n) is 5.78. The summed E-state index contributed by atoms with van der Waals surface area (Å²) >= 11 is 1.74. The molecule has 0 atom stereocenters. The minimum atomic E-state index is 0.181. The maximum atomic E-state index is 12.0. The van der Waals surface area contributed by atoms with Crippen molar-refractivity contribution in [1.29, 1.82) is 0 Å². The highest BCUT2D eigenvalue weighted by Gasteiger charge is 2.23. The number of carbonyl (C=O) groups excluding carboxylic acids is 1. The van der Waals surface area contributed by atoms with E-state index in [1.165, 1.54) is 0 Å². The lowest BCUT2D eigenvalue weighted by molar-refractivity contribution is -0.129. The summed E-state index contributed by atoms with van der Waals surface area (Å²) in [6.07, 6.45) is 2.29. The molecule has 4 heteroatoms. The number of hydrogen-bond acceptors (Lipinski definition) is 3. The normalized spacial score (nSPS) is 18.5. The largest absolute Gasteiger partial charge is 0.342 e. The Hall–Kier alpha value is -0.220. The molecule has 1 rings (SSSR count). The monoisotopic (exact) mass is 258 g/mol. The van der Waals surface area contributed by atoms with Crippen LogP contribution in [0.1, 0.15) is 33.6 Å². The lowest BCUT2D eigenvalue weighted by atomic mass is 9.97. The van der Waals surface area contributed by atoms with E-state index < -0.39 is 0 Å². The fourth-order valence-electron chi connectivity index (χ4n) is 2.04. The van der Waals surface area contributed by atoms with E-state index in [0.29, 0.717) is 11.7 Å². The summed E-state index contributed by atoms with van der Waals surface area (Å²) in [6, 6.07) is 0. The molecule has 3 nitrogen and oxygen atoms in total. The van der Waals surface area contributed by atoms with Crippen molar-refractivity contribution in [2.24, 2.45) is 5.92 Å². The molecule has 1 saturated heterocycles. The first-order valence-electron chi connectivity index (χ1n) is 6.48. The molecule has 0 spiro atoms. The van der Waals surface area contributed by atoms with Gasteiger partial charge in [0.25, 0.3) is 0 Å². The smallest absolute Gasteiger partial charge is 0.232 e. The molecule has 0 bridgehead atoms. The van der Waals surface area contributed by atoms with Crippen molar-refractivity contribution in [3.05, 3.63) is 0 Å². The maximum Gasteiger partial charge on any atom is 0.232 e. The Morgan fingerprint density at radius 3 is 2.41 bits per heavy atom. The zero-order chi connectivity index (χ0) is 12.9. The predicted molar refractivity (Wildman–Crippen MR) is 75.4 cm³/mol. The fraction of sp³-hybridized carbons (Fsp3) is 0.923. The first-order valence-corrected chi connectivity index (χ1v) is 7.47. The molecule has 1 aliphatic heterocycles. The topological polar surface area (TPSA) is 32.3 Å². The Morgan fingerprint density at radius 2 is 1.94 bits per heavy atom. The third-order valence-electron chi connectivity index (χ3n) is 3.09. The molecular formula is C13H26N2OS. The highest BCUT2D eigenvalue weighted by Crippen LogP contribution is 2.24. The Morgan fingerprint density at radius 1 is 1.35 bits per heavy atom. The van der Waals surface area contributed by atoms with E-state index in [-0.39, 0.29) is 4.75 Å². The van der Waals surface area contributed by atoms with E-state index in [1.54, 1.807) is 11.8 Å². The highest BCUT2D eigenvalue weighted by atomic mass is 32.2. The Labute approximate surface area is 110 Å². The quantitative estimate of drug-likeness (QED) is 0.837. The van der Waals surface area contributed by atoms with Gasteiger partial charge in [-0.25, -0.2) is 0 Å². The molecule has 0 aromatic heterocycles. The number of likely N-dealkylation sites (tertiary alicyclic amines) is 1. The summed E-state index contributed by atoms with van der Waals surface area (Å²) in [5.41, 5.74) is 0. The lowest BCUT2D eigenvalue weighted by Crippen LogP contribution is -2.41. The maximum absolute atomic E-state index is 12.0. The third kappa shape index (κ3) is 5.77. The average molecular weight is 258 g/mol. The molecule has 0 aliphatic carbocycles. The molecule has 1 N–H and O–H groups in total. The van der Waals surface area contributed by atoms with Crippen LogP contribution < -0.4 is 5.32 Å². The molecule has 0 aromatic rings. The van der Waals surface area contributed by atoms with E-state index in [4.69, 9.17) is 0 Å². The van der Waals surface area contributed by atoms with E-state index in [1.807, 2.05) is 11.9 Å². The minimum Gasteiger partial charge on any atom is -0.342 e. The van der Waals surface area contributed by atoms with E-state index in [9.17, 15) is 4.79 Å². The van der Waals surface area contributed by atoms with Gasteiger partial charge in [0.1, 0.15) is 0 Å². The number of nitrogens with zero attached hydrogens (tertiary/aromatic N) is 1. The van der Waals surface area contributed by atoms with Crippen LogP contribution >= 0.6 is 11.8 Å². The summed E-state index contributed by atoms with van der Waals surface area (Å²) in [7, 11) is 2.00. The third-order valence-corrected chi connectivity index (χ3v) is 4.35. The molecule has 100 valence electrons. The number of nitrogens with one attached hydrogen (secondary N) is 1. The molecular weight excluding hydrogens is 232 g/mol. The Bertz CT molecular complexity index is 242. The first kappa shape index (κ1) is 14.8. The zero-order valence-electron chi connectivity index (χ0n) is 11.6. The van der Waals surface area contributed by atoms with Crippen LogP contribution in [0.2, 0.25) is 0 Å². The van der Waals surface area contributed by atoms with Gasteiger partial charge in [-0.2, -0.15) is 0 Å². The van der Waals surface area contributed by atoms with Crippen LogP contribution in [-0.2, 0) is 4.79 Å². The Kier molecular flexibility index (Phi) is 5.80. The standard InChI is InChI=1S/C13H26N2OS/c1-13(2,3)17-10-12(16)15-7-5-11(6-8-15)9-14-4/h11,14H,5-10H2,1-4H3. The molecule has 0 saturated carbocycles. The molecule has 1 aliphatic rings. The van der Waals surface area contributed by atoms with Crippen LogP contribution in [0, 0.1) is 5.92 Å². The molecule has 0 radical (unpaired) electrons. The first-order chi connectivity index (χ1) is 7.92. The van der Waals surface area contributed by atoms with Crippen LogP contribution in [-0.4, -0.2) is 48.0 Å². The van der Waals surface area contributed by atoms with Crippen LogP contribution in [0.3, 0.4) is 0 Å². The van der Waals surface area contributed by atoms with E-state index in [2.05, 4.69) is 26.1 Å². The molecule has 1 fully saturated rings. The van der Waals surface area contributed by atoms with Crippen molar-refractivity contribution in [1.82, 2.24) is 10.2 Å². The van der Waals surface area contributed by atoms with Gasteiger partial charge in [0.2, 0.25) is 5.91 Å². The van der Waals surface area contributed by atoms with Crippen molar-refractivity contribution in [3.8, 4) is 0 Å². The van der Waals surface area contributed by atoms with Crippen molar-refractivity contribution < 1.29 is 4.79 Å². The van der Waals surface area contributed by atoms with Crippen LogP contribution in [0.25, 0.3) is 0 Å². The van der Waals surface area contributed by atoms with Crippen molar-refractivity contribution in [3.63, 3.8) is 0 Å². The van der Waals surface area contributed by atoms with Gasteiger partial charge in [-0.1, -0.05) is 20.8 Å². The Balaban J connectivity index is 2.26. The summed E-state index contributed by atoms with van der Waals surface area (Å²) in [4.78, 5) is 14.0. The van der Waals surface area contributed by atoms with Gasteiger partial charge in [-0.3, -0.25) is 4.79 Å². The van der Waals surface area contributed by atoms with Crippen LogP contribution in [0.5, 0.6) is 0 Å². The highest BCUT2D eigenvalue weighted by molar-refractivity contribution is 8.01. The second-order valence-corrected chi connectivity index (χ2v) is 7.58. The van der Waals surface area contributed by atoms with Crippen LogP contribution in [0.15, 0.2) is 0 Å². The summed E-state index contributed by atoms with van der Waals surface area (Å²) in [5.74, 6) is 1.69. The van der Waals surface area contributed by atoms with Gasteiger partial charge in [-0.05, 0) is 32.4 Å². The number of piperidine rings is 1. The molecule has 0 aromatic carbocycles. The van der Waals surface area contributed by atoms with Crippen molar-refractivity contribution >= 4 is 17.7 Å². The van der Waals surface area contributed by atoms with E-state index in [0.717, 1.165) is 38.4 Å². The van der Waals surface area contributed by atoms with Gasteiger partial charge in [0, 0.05) is 17.8 Å². The number of thioether (sulfide) groups is 1. The zero-order valence-corrected chi connectivity index (χ0v) is 12.4.